The van der Waals surface area contributed by atoms with Crippen LogP contribution in [0.4, 0.5) is 0 Å². The van der Waals surface area contributed by atoms with Crippen molar-refractivity contribution in [1.29, 1.82) is 0 Å². The number of piperidine rings is 1. The van der Waals surface area contributed by atoms with Gasteiger partial charge in [-0.2, -0.15) is 0 Å². The van der Waals surface area contributed by atoms with Crippen molar-refractivity contribution in [3.05, 3.63) is 35.9 Å². The molecule has 0 aromatic heterocycles. The highest BCUT2D eigenvalue weighted by Gasteiger charge is 2.33. The van der Waals surface area contributed by atoms with Gasteiger partial charge in [0, 0.05) is 31.7 Å². The van der Waals surface area contributed by atoms with Gasteiger partial charge >= 0.3 is 0 Å². The van der Waals surface area contributed by atoms with Crippen molar-refractivity contribution in [2.45, 2.75) is 50.2 Å². The first kappa shape index (κ1) is 20.7. The zero-order chi connectivity index (χ0) is 19.2. The van der Waals surface area contributed by atoms with E-state index in [0.717, 1.165) is 44.1 Å². The van der Waals surface area contributed by atoms with E-state index in [0.29, 0.717) is 12.1 Å². The number of hydrogen-bond donors (Lipinski definition) is 1. The third-order valence-corrected chi connectivity index (χ3v) is 7.34. The van der Waals surface area contributed by atoms with Gasteiger partial charge in [0.15, 0.2) is 0 Å². The molecule has 1 saturated carbocycles. The fraction of sp³-hybridized carbons (Fsp3) is 0.739. The Kier molecular flexibility index (Phi) is 7.71. The number of likely N-dealkylation sites (tertiary alicyclic amines) is 1. The van der Waals surface area contributed by atoms with Crippen molar-refractivity contribution < 1.29 is 9.47 Å². The summed E-state index contributed by atoms with van der Waals surface area (Å²) in [5, 5.41) is 0. The largest absolute Gasteiger partial charge is 0.381 e. The van der Waals surface area contributed by atoms with E-state index in [4.69, 9.17) is 9.47 Å². The number of hydrogen-bond acceptors (Lipinski definition) is 5. The molecule has 156 valence electrons. The van der Waals surface area contributed by atoms with Gasteiger partial charge in [0.2, 0.25) is 0 Å². The third kappa shape index (κ3) is 5.51. The number of rotatable bonds is 8. The molecule has 1 aromatic carbocycles. The van der Waals surface area contributed by atoms with Crippen molar-refractivity contribution in [1.82, 2.24) is 9.62 Å². The first-order chi connectivity index (χ1) is 13.8. The molecule has 4 rings (SSSR count). The second-order valence-corrected chi connectivity index (χ2v) is 9.52. The zero-order valence-electron chi connectivity index (χ0n) is 17.2. The highest BCUT2D eigenvalue weighted by Crippen LogP contribution is 2.36. The second-order valence-electron chi connectivity index (χ2n) is 8.88. The van der Waals surface area contributed by atoms with Crippen LogP contribution in [0, 0.1) is 11.8 Å². The van der Waals surface area contributed by atoms with Crippen LogP contribution in [-0.2, 0) is 9.47 Å². The average molecular weight is 405 g/mol. The number of benzene rings is 1. The minimum atomic E-state index is 0.314. The molecule has 2 unspecified atom stereocenters. The Hall–Kier alpha value is -0.590. The van der Waals surface area contributed by atoms with Gasteiger partial charge in [0.1, 0.15) is 0 Å². The van der Waals surface area contributed by atoms with Gasteiger partial charge in [0.05, 0.1) is 19.3 Å². The topological polar surface area (TPSA) is 33.7 Å². The van der Waals surface area contributed by atoms with Gasteiger partial charge in [0.25, 0.3) is 0 Å². The Balaban J connectivity index is 1.23. The molecule has 2 saturated heterocycles. The van der Waals surface area contributed by atoms with Crippen LogP contribution < -0.4 is 4.72 Å². The summed E-state index contributed by atoms with van der Waals surface area (Å²) in [6.45, 7) is 6.23. The monoisotopic (exact) mass is 404 g/mol. The lowest BCUT2D eigenvalue weighted by atomic mass is 9.79. The van der Waals surface area contributed by atoms with Gasteiger partial charge < -0.3 is 14.4 Å². The van der Waals surface area contributed by atoms with Crippen LogP contribution in [0.5, 0.6) is 0 Å². The van der Waals surface area contributed by atoms with E-state index in [2.05, 4.69) is 46.2 Å². The van der Waals surface area contributed by atoms with Crippen molar-refractivity contribution >= 4 is 11.9 Å². The maximum absolute atomic E-state index is 6.54. The lowest BCUT2D eigenvalue weighted by Crippen LogP contribution is -2.54. The van der Waals surface area contributed by atoms with E-state index in [1.807, 2.05) is 0 Å². The Morgan fingerprint density at radius 2 is 1.86 bits per heavy atom. The molecule has 0 amide bonds. The van der Waals surface area contributed by atoms with Gasteiger partial charge in [-0.3, -0.25) is 4.72 Å². The molecule has 28 heavy (non-hydrogen) atoms. The fourth-order valence-corrected chi connectivity index (χ4v) is 5.58. The Labute approximate surface area is 174 Å². The van der Waals surface area contributed by atoms with E-state index in [9.17, 15) is 0 Å². The standard InChI is InChI=1S/C23H36N2O2S/c1-28-24-22-11-12-25(13-19-15-26-16-19)14-23(22)27-17-18-7-9-21(10-8-18)20-5-3-2-4-6-20/h2-6,18-19,21-24H,7-17H2,1H3/t18-,21+,22?,23?. The lowest BCUT2D eigenvalue weighted by Gasteiger charge is -2.41. The summed E-state index contributed by atoms with van der Waals surface area (Å²) in [4.78, 5) is 2.60. The second kappa shape index (κ2) is 10.4. The summed E-state index contributed by atoms with van der Waals surface area (Å²) < 4.78 is 15.5. The minimum absolute atomic E-state index is 0.314. The molecule has 2 heterocycles. The highest BCUT2D eigenvalue weighted by atomic mass is 32.2. The Morgan fingerprint density at radius 1 is 1.07 bits per heavy atom. The number of nitrogens with one attached hydrogen (secondary N) is 1. The molecule has 4 nitrogen and oxygen atoms in total. The summed E-state index contributed by atoms with van der Waals surface area (Å²) in [6, 6.07) is 11.5. The molecule has 2 atom stereocenters. The normalized spacial score (nSPS) is 32.2. The molecule has 1 aromatic rings. The Bertz CT molecular complexity index is 575. The van der Waals surface area contributed by atoms with E-state index in [1.165, 1.54) is 50.8 Å². The van der Waals surface area contributed by atoms with E-state index in [1.54, 1.807) is 11.9 Å². The molecule has 5 heteroatoms. The predicted molar refractivity (Wildman–Crippen MR) is 117 cm³/mol. The molecule has 0 bridgehead atoms. The maximum atomic E-state index is 6.54. The van der Waals surface area contributed by atoms with Gasteiger partial charge in [-0.1, -0.05) is 42.3 Å². The number of ether oxygens (including phenoxy) is 2. The van der Waals surface area contributed by atoms with Crippen LogP contribution in [0.15, 0.2) is 30.3 Å². The van der Waals surface area contributed by atoms with Crippen molar-refractivity contribution in [3.63, 3.8) is 0 Å². The van der Waals surface area contributed by atoms with Crippen LogP contribution in [0.3, 0.4) is 0 Å². The van der Waals surface area contributed by atoms with Crippen LogP contribution in [0.1, 0.15) is 43.6 Å². The van der Waals surface area contributed by atoms with Crippen LogP contribution in [0.25, 0.3) is 0 Å². The average Bonchev–Trinajstić information content (AvgIpc) is 2.72. The van der Waals surface area contributed by atoms with Gasteiger partial charge in [-0.25, -0.2) is 0 Å². The van der Waals surface area contributed by atoms with Crippen LogP contribution >= 0.6 is 11.9 Å². The fourth-order valence-electron chi connectivity index (χ4n) is 5.00. The molecule has 0 spiro atoms. The van der Waals surface area contributed by atoms with Crippen LogP contribution in [-0.4, -0.2) is 62.8 Å². The third-order valence-electron chi connectivity index (χ3n) is 6.80. The highest BCUT2D eigenvalue weighted by molar-refractivity contribution is 7.96. The summed E-state index contributed by atoms with van der Waals surface area (Å²) in [7, 11) is 0. The van der Waals surface area contributed by atoms with Crippen molar-refractivity contribution in [3.8, 4) is 0 Å². The van der Waals surface area contributed by atoms with E-state index >= 15 is 0 Å². The summed E-state index contributed by atoms with van der Waals surface area (Å²) in [6.07, 6.45) is 8.84. The quantitative estimate of drug-likeness (QED) is 0.664. The minimum Gasteiger partial charge on any atom is -0.381 e. The molecule has 1 N–H and O–H groups in total. The summed E-state index contributed by atoms with van der Waals surface area (Å²) >= 11 is 1.73. The van der Waals surface area contributed by atoms with Crippen molar-refractivity contribution in [2.75, 3.05) is 45.7 Å². The first-order valence-electron chi connectivity index (χ1n) is 11.1. The van der Waals surface area contributed by atoms with Gasteiger partial charge in [-0.15, -0.1) is 0 Å². The number of nitrogens with zero attached hydrogens (tertiary/aromatic N) is 1. The molecule has 1 aliphatic carbocycles. The molecular weight excluding hydrogens is 368 g/mol. The predicted octanol–water partition coefficient (Wildman–Crippen LogP) is 3.93. The molecule has 0 radical (unpaired) electrons. The zero-order valence-corrected chi connectivity index (χ0v) is 18.0. The van der Waals surface area contributed by atoms with Gasteiger partial charge in [-0.05, 0) is 62.3 Å². The molecule has 3 fully saturated rings. The van der Waals surface area contributed by atoms with E-state index in [-0.39, 0.29) is 0 Å². The molecule has 2 aliphatic heterocycles. The lowest BCUT2D eigenvalue weighted by molar-refractivity contribution is -0.0717. The SMILES string of the molecule is CSNC1CCN(CC2COC2)CC1OC[C@H]1CC[C@@H](c2ccccc2)CC1. The smallest absolute Gasteiger partial charge is 0.0864 e. The first-order valence-corrected chi connectivity index (χ1v) is 12.3. The Morgan fingerprint density at radius 3 is 2.54 bits per heavy atom. The van der Waals surface area contributed by atoms with E-state index < -0.39 is 0 Å². The van der Waals surface area contributed by atoms with Crippen LogP contribution in [0.2, 0.25) is 0 Å². The summed E-state index contributed by atoms with van der Waals surface area (Å²) in [5.74, 6) is 2.21. The summed E-state index contributed by atoms with van der Waals surface area (Å²) in [5.41, 5.74) is 1.52. The van der Waals surface area contributed by atoms with Crippen molar-refractivity contribution in [2.24, 2.45) is 11.8 Å². The molecule has 3 aliphatic rings. The molecular formula is C23H36N2O2S. The maximum Gasteiger partial charge on any atom is 0.0864 e.